The first kappa shape index (κ1) is 27.3. The lowest BCUT2D eigenvalue weighted by atomic mass is 9.97. The molecule has 1 aromatic heterocycles. The van der Waals surface area contributed by atoms with Crippen LogP contribution in [0.15, 0.2) is 51.9 Å². The van der Waals surface area contributed by atoms with E-state index < -0.39 is 10.0 Å². The van der Waals surface area contributed by atoms with Gasteiger partial charge in [-0.1, -0.05) is 35.3 Å². The van der Waals surface area contributed by atoms with Crippen LogP contribution in [-0.4, -0.2) is 67.0 Å². The van der Waals surface area contributed by atoms with Crippen molar-refractivity contribution in [2.45, 2.75) is 50.5 Å². The molecule has 208 valence electrons. The van der Waals surface area contributed by atoms with Gasteiger partial charge < -0.3 is 14.6 Å². The topological polar surface area (TPSA) is 118 Å². The van der Waals surface area contributed by atoms with Crippen LogP contribution in [0.25, 0.3) is 11.4 Å². The SMILES string of the molecule is COc1ccc(NC(=O)C2CCCN(Cc3nc(-c4cccc(C)c4)no3)C2)cc1S(=O)(=O)N1CCCCC1. The summed E-state index contributed by atoms with van der Waals surface area (Å²) < 4.78 is 39.0. The van der Waals surface area contributed by atoms with Crippen LogP contribution < -0.4 is 10.1 Å². The van der Waals surface area contributed by atoms with Crippen LogP contribution in [0.4, 0.5) is 5.69 Å². The Morgan fingerprint density at radius 2 is 1.92 bits per heavy atom. The van der Waals surface area contributed by atoms with E-state index in [-0.39, 0.29) is 22.5 Å². The maximum Gasteiger partial charge on any atom is 0.246 e. The molecule has 10 nitrogen and oxygen atoms in total. The number of piperidine rings is 2. The molecule has 39 heavy (non-hydrogen) atoms. The van der Waals surface area contributed by atoms with Gasteiger partial charge in [0.1, 0.15) is 10.6 Å². The molecule has 1 unspecified atom stereocenters. The smallest absolute Gasteiger partial charge is 0.246 e. The van der Waals surface area contributed by atoms with E-state index in [9.17, 15) is 13.2 Å². The van der Waals surface area contributed by atoms with E-state index in [2.05, 4.69) is 20.4 Å². The van der Waals surface area contributed by atoms with Crippen molar-refractivity contribution in [3.05, 3.63) is 53.9 Å². The molecular formula is C28H35N5O5S. The highest BCUT2D eigenvalue weighted by atomic mass is 32.2. The van der Waals surface area contributed by atoms with Crippen LogP contribution in [0, 0.1) is 12.8 Å². The van der Waals surface area contributed by atoms with Gasteiger partial charge in [-0.2, -0.15) is 9.29 Å². The summed E-state index contributed by atoms with van der Waals surface area (Å²) in [6.07, 6.45) is 4.31. The lowest BCUT2D eigenvalue weighted by Crippen LogP contribution is -2.40. The minimum absolute atomic E-state index is 0.0794. The quantitative estimate of drug-likeness (QED) is 0.443. The first-order valence-electron chi connectivity index (χ1n) is 13.4. The molecule has 0 spiro atoms. The summed E-state index contributed by atoms with van der Waals surface area (Å²) >= 11 is 0. The van der Waals surface area contributed by atoms with Crippen LogP contribution in [0.1, 0.15) is 43.6 Å². The van der Waals surface area contributed by atoms with Crippen molar-refractivity contribution in [2.24, 2.45) is 5.92 Å². The fourth-order valence-electron chi connectivity index (χ4n) is 5.27. The Bertz CT molecular complexity index is 1420. The normalized spacial score (nSPS) is 19.1. The minimum atomic E-state index is -3.73. The molecule has 1 amide bonds. The number of rotatable bonds is 8. The third-order valence-electron chi connectivity index (χ3n) is 7.34. The van der Waals surface area contributed by atoms with E-state index in [0.29, 0.717) is 43.6 Å². The average Bonchev–Trinajstić information content (AvgIpc) is 3.42. The van der Waals surface area contributed by atoms with Crippen molar-refractivity contribution in [2.75, 3.05) is 38.6 Å². The van der Waals surface area contributed by atoms with Gasteiger partial charge in [0.05, 0.1) is 19.6 Å². The summed E-state index contributed by atoms with van der Waals surface area (Å²) in [5.74, 6) is 0.941. The van der Waals surface area contributed by atoms with E-state index in [4.69, 9.17) is 9.26 Å². The van der Waals surface area contributed by atoms with E-state index in [1.54, 1.807) is 12.1 Å². The number of anilines is 1. The molecule has 3 aromatic rings. The Morgan fingerprint density at radius 1 is 1.10 bits per heavy atom. The number of carbonyl (C=O) groups excluding carboxylic acids is 1. The molecule has 2 aliphatic heterocycles. The molecule has 2 aliphatic rings. The van der Waals surface area contributed by atoms with Gasteiger partial charge in [-0.15, -0.1) is 0 Å². The van der Waals surface area contributed by atoms with Crippen molar-refractivity contribution >= 4 is 21.6 Å². The second-order valence-electron chi connectivity index (χ2n) is 10.3. The monoisotopic (exact) mass is 553 g/mol. The number of benzene rings is 2. The van der Waals surface area contributed by atoms with Crippen LogP contribution in [-0.2, 0) is 21.4 Å². The molecule has 11 heteroatoms. The highest BCUT2D eigenvalue weighted by molar-refractivity contribution is 7.89. The number of ether oxygens (including phenoxy) is 1. The van der Waals surface area contributed by atoms with Gasteiger partial charge in [0.25, 0.3) is 0 Å². The molecule has 0 saturated carbocycles. The molecule has 0 radical (unpaired) electrons. The lowest BCUT2D eigenvalue weighted by molar-refractivity contribution is -0.121. The van der Waals surface area contributed by atoms with E-state index in [1.165, 1.54) is 17.5 Å². The second kappa shape index (κ2) is 11.8. The van der Waals surface area contributed by atoms with Crippen molar-refractivity contribution in [3.63, 3.8) is 0 Å². The molecular weight excluding hydrogens is 518 g/mol. The first-order chi connectivity index (χ1) is 18.8. The number of hydrogen-bond acceptors (Lipinski definition) is 8. The first-order valence-corrected chi connectivity index (χ1v) is 14.9. The van der Waals surface area contributed by atoms with Gasteiger partial charge >= 0.3 is 0 Å². The lowest BCUT2D eigenvalue weighted by Gasteiger charge is -2.31. The number of carbonyl (C=O) groups is 1. The summed E-state index contributed by atoms with van der Waals surface area (Å²) in [7, 11) is -2.28. The minimum Gasteiger partial charge on any atom is -0.495 e. The maximum absolute atomic E-state index is 13.3. The largest absolute Gasteiger partial charge is 0.495 e. The third-order valence-corrected chi connectivity index (χ3v) is 9.26. The van der Waals surface area contributed by atoms with Crippen molar-refractivity contribution < 1.29 is 22.5 Å². The fourth-order valence-corrected chi connectivity index (χ4v) is 6.97. The summed E-state index contributed by atoms with van der Waals surface area (Å²) in [6, 6.07) is 12.7. The van der Waals surface area contributed by atoms with Gasteiger partial charge in [-0.05, 0) is 63.4 Å². The Kier molecular flexibility index (Phi) is 8.29. The van der Waals surface area contributed by atoms with Crippen LogP contribution in [0.2, 0.25) is 0 Å². The Balaban J connectivity index is 1.24. The van der Waals surface area contributed by atoms with Crippen molar-refractivity contribution in [1.29, 1.82) is 0 Å². The molecule has 2 saturated heterocycles. The number of nitrogens with zero attached hydrogens (tertiary/aromatic N) is 4. The van der Waals surface area contributed by atoms with Gasteiger partial charge in [-0.3, -0.25) is 9.69 Å². The summed E-state index contributed by atoms with van der Waals surface area (Å²) in [5.41, 5.74) is 2.46. The molecule has 0 aliphatic carbocycles. The third kappa shape index (κ3) is 6.32. The number of aryl methyl sites for hydroxylation is 1. The fraction of sp³-hybridized carbons (Fsp3) is 0.464. The van der Waals surface area contributed by atoms with Gasteiger partial charge in [-0.25, -0.2) is 8.42 Å². The van der Waals surface area contributed by atoms with E-state index >= 15 is 0 Å². The number of sulfonamides is 1. The van der Waals surface area contributed by atoms with Crippen molar-refractivity contribution in [3.8, 4) is 17.1 Å². The number of nitrogens with one attached hydrogen (secondary N) is 1. The zero-order valence-corrected chi connectivity index (χ0v) is 23.2. The van der Waals surface area contributed by atoms with Gasteiger partial charge in [0.2, 0.25) is 27.6 Å². The summed E-state index contributed by atoms with van der Waals surface area (Å²) in [5, 5.41) is 7.06. The second-order valence-corrected chi connectivity index (χ2v) is 12.2. The van der Waals surface area contributed by atoms with Crippen LogP contribution >= 0.6 is 0 Å². The highest BCUT2D eigenvalue weighted by Gasteiger charge is 2.31. The number of aromatic nitrogens is 2. The molecule has 2 fully saturated rings. The molecule has 1 N–H and O–H groups in total. The number of methoxy groups -OCH3 is 1. The van der Waals surface area contributed by atoms with Gasteiger partial charge in [0.15, 0.2) is 0 Å². The Labute approximate surface area is 229 Å². The molecule has 3 heterocycles. The molecule has 5 rings (SSSR count). The number of amides is 1. The van der Waals surface area contributed by atoms with E-state index in [0.717, 1.165) is 49.8 Å². The molecule has 1 atom stereocenters. The van der Waals surface area contributed by atoms with E-state index in [1.807, 2.05) is 31.2 Å². The van der Waals surface area contributed by atoms with Crippen LogP contribution in [0.5, 0.6) is 5.75 Å². The molecule has 2 aromatic carbocycles. The standard InChI is InChI=1S/C28H35N5O5S/c1-20-8-6-9-21(16-20)27-30-26(38-31-27)19-32-13-7-10-22(18-32)28(34)29-23-11-12-24(37-2)25(17-23)39(35,36)33-14-4-3-5-15-33/h6,8-9,11-12,16-17,22H,3-5,7,10,13-15,18-19H2,1-2H3,(H,29,34). The number of likely N-dealkylation sites (tertiary alicyclic amines) is 1. The average molecular weight is 554 g/mol. The number of hydrogen-bond donors (Lipinski definition) is 1. The molecule has 0 bridgehead atoms. The zero-order valence-electron chi connectivity index (χ0n) is 22.4. The Hall–Kier alpha value is -3.28. The highest BCUT2D eigenvalue weighted by Crippen LogP contribution is 2.32. The van der Waals surface area contributed by atoms with Crippen molar-refractivity contribution in [1.82, 2.24) is 19.3 Å². The zero-order chi connectivity index (χ0) is 27.4. The Morgan fingerprint density at radius 3 is 2.69 bits per heavy atom. The summed E-state index contributed by atoms with van der Waals surface area (Å²) in [6.45, 7) is 4.84. The summed E-state index contributed by atoms with van der Waals surface area (Å²) in [4.78, 5) is 20.0. The van der Waals surface area contributed by atoms with Crippen LogP contribution in [0.3, 0.4) is 0 Å². The maximum atomic E-state index is 13.3. The predicted molar refractivity (Wildman–Crippen MR) is 147 cm³/mol. The predicted octanol–water partition coefficient (Wildman–Crippen LogP) is 4.08. The van der Waals surface area contributed by atoms with Gasteiger partial charge in [0, 0.05) is 30.9 Å².